The van der Waals surface area contributed by atoms with Crippen LogP contribution in [0.1, 0.15) is 43.2 Å². The van der Waals surface area contributed by atoms with Crippen LogP contribution in [-0.4, -0.2) is 18.8 Å². The molecule has 1 saturated carbocycles. The molecule has 0 radical (unpaired) electrons. The summed E-state index contributed by atoms with van der Waals surface area (Å²) in [5, 5.41) is 7.34. The molecule has 4 N–H and O–H groups in total. The van der Waals surface area contributed by atoms with Crippen LogP contribution >= 0.6 is 0 Å². The summed E-state index contributed by atoms with van der Waals surface area (Å²) in [7, 11) is 0. The van der Waals surface area contributed by atoms with E-state index in [0.717, 1.165) is 18.1 Å². The Hall–Kier alpha value is -1.88. The van der Waals surface area contributed by atoms with Crippen LogP contribution in [0.4, 0.5) is 0 Å². The topological polar surface area (TPSA) is 86.0 Å². The third kappa shape index (κ3) is 5.95. The molecule has 2 rings (SSSR count). The lowest BCUT2D eigenvalue weighted by Gasteiger charge is -2.21. The first-order valence-corrected chi connectivity index (χ1v) is 7.52. The first-order valence-electron chi connectivity index (χ1n) is 7.52. The zero-order valence-electron chi connectivity index (χ0n) is 12.4. The van der Waals surface area contributed by atoms with Gasteiger partial charge in [0, 0.05) is 6.61 Å². The van der Waals surface area contributed by atoms with Crippen LogP contribution in [0, 0.1) is 5.92 Å². The fourth-order valence-electron chi connectivity index (χ4n) is 2.56. The first-order chi connectivity index (χ1) is 10.2. The number of hydrogen-bond acceptors (Lipinski definition) is 3. The predicted octanol–water partition coefficient (Wildman–Crippen LogP) is 2.39. The highest BCUT2D eigenvalue weighted by atomic mass is 16.5. The second kappa shape index (κ2) is 8.42. The molecule has 0 spiro atoms. The lowest BCUT2D eigenvalue weighted by molar-refractivity contribution is 0.0739. The maximum absolute atomic E-state index is 5.82. The molecular formula is C16H24N4O. The SMILES string of the molecule is NC(N)=NN=Cc1ccc(COCC2CCCCC2)cc1. The summed E-state index contributed by atoms with van der Waals surface area (Å²) in [5.41, 5.74) is 12.5. The second-order valence-electron chi connectivity index (χ2n) is 5.53. The van der Waals surface area contributed by atoms with E-state index in [1.54, 1.807) is 6.21 Å². The van der Waals surface area contributed by atoms with Crippen LogP contribution in [0.25, 0.3) is 0 Å². The van der Waals surface area contributed by atoms with Crippen molar-refractivity contribution in [2.24, 2.45) is 27.6 Å². The van der Waals surface area contributed by atoms with Crippen LogP contribution in [0.5, 0.6) is 0 Å². The minimum atomic E-state index is -0.0426. The van der Waals surface area contributed by atoms with Gasteiger partial charge >= 0.3 is 0 Å². The predicted molar refractivity (Wildman–Crippen MR) is 86.1 cm³/mol. The lowest BCUT2D eigenvalue weighted by atomic mass is 9.90. The monoisotopic (exact) mass is 288 g/mol. The average Bonchev–Trinajstić information content (AvgIpc) is 2.50. The van der Waals surface area contributed by atoms with E-state index in [1.165, 1.54) is 37.7 Å². The summed E-state index contributed by atoms with van der Waals surface area (Å²) in [6.45, 7) is 1.55. The first kappa shape index (κ1) is 15.5. The van der Waals surface area contributed by atoms with Crippen molar-refractivity contribution < 1.29 is 4.74 Å². The average molecular weight is 288 g/mol. The Morgan fingerprint density at radius 2 is 1.86 bits per heavy atom. The molecule has 5 nitrogen and oxygen atoms in total. The molecule has 0 heterocycles. The van der Waals surface area contributed by atoms with E-state index in [0.29, 0.717) is 6.61 Å². The van der Waals surface area contributed by atoms with Crippen molar-refractivity contribution in [3.05, 3.63) is 35.4 Å². The third-order valence-electron chi connectivity index (χ3n) is 3.71. The van der Waals surface area contributed by atoms with Gasteiger partial charge in [0.05, 0.1) is 12.8 Å². The van der Waals surface area contributed by atoms with Crippen molar-refractivity contribution in [1.29, 1.82) is 0 Å². The fourth-order valence-corrected chi connectivity index (χ4v) is 2.56. The Morgan fingerprint density at radius 3 is 2.52 bits per heavy atom. The number of nitrogens with zero attached hydrogens (tertiary/aromatic N) is 2. The van der Waals surface area contributed by atoms with E-state index in [-0.39, 0.29) is 5.96 Å². The minimum Gasteiger partial charge on any atom is -0.376 e. The van der Waals surface area contributed by atoms with Crippen LogP contribution in [0.15, 0.2) is 34.5 Å². The summed E-state index contributed by atoms with van der Waals surface area (Å²) >= 11 is 0. The van der Waals surface area contributed by atoms with Gasteiger partial charge in [-0.05, 0) is 29.9 Å². The molecule has 114 valence electrons. The lowest BCUT2D eigenvalue weighted by Crippen LogP contribution is -2.21. The smallest absolute Gasteiger partial charge is 0.211 e. The molecule has 1 aliphatic rings. The standard InChI is InChI=1S/C16H24N4O/c17-16(18)20-19-10-13-6-8-15(9-7-13)12-21-11-14-4-2-1-3-5-14/h6-10,14H,1-5,11-12H2,(H4,17,18,20). The number of guanidine groups is 1. The maximum atomic E-state index is 5.82. The molecule has 0 bridgehead atoms. The van der Waals surface area contributed by atoms with E-state index in [1.807, 2.05) is 24.3 Å². The molecule has 0 saturated heterocycles. The van der Waals surface area contributed by atoms with Crippen molar-refractivity contribution in [3.63, 3.8) is 0 Å². The van der Waals surface area contributed by atoms with E-state index in [4.69, 9.17) is 16.2 Å². The number of nitrogens with two attached hydrogens (primary N) is 2. The summed E-state index contributed by atoms with van der Waals surface area (Å²) < 4.78 is 5.82. The molecule has 1 aliphatic carbocycles. The van der Waals surface area contributed by atoms with Crippen molar-refractivity contribution in [2.45, 2.75) is 38.7 Å². The van der Waals surface area contributed by atoms with Gasteiger partial charge in [-0.1, -0.05) is 43.5 Å². The zero-order valence-corrected chi connectivity index (χ0v) is 12.4. The zero-order chi connectivity index (χ0) is 14.9. The molecular weight excluding hydrogens is 264 g/mol. The molecule has 21 heavy (non-hydrogen) atoms. The summed E-state index contributed by atoms with van der Waals surface area (Å²) in [5.74, 6) is 0.712. The van der Waals surface area contributed by atoms with E-state index >= 15 is 0 Å². The molecule has 0 atom stereocenters. The highest BCUT2D eigenvalue weighted by molar-refractivity contribution is 5.81. The number of ether oxygens (including phenoxy) is 1. The van der Waals surface area contributed by atoms with Crippen molar-refractivity contribution in [1.82, 2.24) is 0 Å². The molecule has 1 aromatic rings. The highest BCUT2D eigenvalue weighted by Crippen LogP contribution is 2.23. The van der Waals surface area contributed by atoms with Crippen LogP contribution in [0.2, 0.25) is 0 Å². The van der Waals surface area contributed by atoms with Crippen molar-refractivity contribution in [3.8, 4) is 0 Å². The molecule has 1 aromatic carbocycles. The van der Waals surface area contributed by atoms with Crippen LogP contribution in [0.3, 0.4) is 0 Å². The van der Waals surface area contributed by atoms with Crippen LogP contribution < -0.4 is 11.5 Å². The van der Waals surface area contributed by atoms with Crippen molar-refractivity contribution in [2.75, 3.05) is 6.61 Å². The van der Waals surface area contributed by atoms with Crippen LogP contribution in [-0.2, 0) is 11.3 Å². The Bertz CT molecular complexity index is 472. The second-order valence-corrected chi connectivity index (χ2v) is 5.53. The van der Waals surface area contributed by atoms with Gasteiger partial charge in [-0.25, -0.2) is 0 Å². The highest BCUT2D eigenvalue weighted by Gasteiger charge is 2.13. The van der Waals surface area contributed by atoms with Gasteiger partial charge in [0.1, 0.15) is 0 Å². The maximum Gasteiger partial charge on any atom is 0.211 e. The molecule has 5 heteroatoms. The molecule has 0 amide bonds. The number of benzene rings is 1. The summed E-state index contributed by atoms with van der Waals surface area (Å²) in [6, 6.07) is 8.03. The third-order valence-corrected chi connectivity index (χ3v) is 3.71. The van der Waals surface area contributed by atoms with Gasteiger partial charge in [0.25, 0.3) is 0 Å². The summed E-state index contributed by atoms with van der Waals surface area (Å²) in [6.07, 6.45) is 8.36. The Morgan fingerprint density at radius 1 is 1.14 bits per heavy atom. The van der Waals surface area contributed by atoms with E-state index in [2.05, 4.69) is 10.2 Å². The molecule has 0 unspecified atom stereocenters. The van der Waals surface area contributed by atoms with Gasteiger partial charge in [0.15, 0.2) is 0 Å². The number of rotatable bonds is 6. The van der Waals surface area contributed by atoms with E-state index < -0.39 is 0 Å². The molecule has 0 aliphatic heterocycles. The quantitative estimate of drug-likeness (QED) is 0.479. The van der Waals surface area contributed by atoms with Gasteiger partial charge in [-0.3, -0.25) is 0 Å². The largest absolute Gasteiger partial charge is 0.376 e. The Labute approximate surface area is 126 Å². The molecule has 0 aromatic heterocycles. The molecule has 1 fully saturated rings. The fraction of sp³-hybridized carbons (Fsp3) is 0.500. The Balaban J connectivity index is 1.74. The van der Waals surface area contributed by atoms with Gasteiger partial charge < -0.3 is 16.2 Å². The Kier molecular flexibility index (Phi) is 6.22. The van der Waals surface area contributed by atoms with Gasteiger partial charge in [-0.2, -0.15) is 5.10 Å². The van der Waals surface area contributed by atoms with Crippen molar-refractivity contribution >= 4 is 12.2 Å². The minimum absolute atomic E-state index is 0.0426. The van der Waals surface area contributed by atoms with Gasteiger partial charge in [0.2, 0.25) is 5.96 Å². The number of hydrogen-bond donors (Lipinski definition) is 2. The van der Waals surface area contributed by atoms with Gasteiger partial charge in [-0.15, -0.1) is 5.10 Å². The van der Waals surface area contributed by atoms with E-state index in [9.17, 15) is 0 Å². The summed E-state index contributed by atoms with van der Waals surface area (Å²) in [4.78, 5) is 0. The normalized spacial score (nSPS) is 16.2.